The van der Waals surface area contributed by atoms with E-state index in [-0.39, 0.29) is 5.82 Å². The first-order valence-corrected chi connectivity index (χ1v) is 8.64. The molecule has 0 bridgehead atoms. The Labute approximate surface area is 162 Å². The molecule has 2 aromatic carbocycles. The van der Waals surface area contributed by atoms with Crippen molar-refractivity contribution in [1.82, 2.24) is 15.2 Å². The number of hydrazone groups is 1. The van der Waals surface area contributed by atoms with Gasteiger partial charge in [0.2, 0.25) is 0 Å². The number of H-pyrrole nitrogens is 1. The minimum absolute atomic E-state index is 0.283. The highest BCUT2D eigenvalue weighted by Crippen LogP contribution is 2.31. The molecule has 0 atom stereocenters. The largest absolute Gasteiger partial charge is 0.493 e. The average Bonchev–Trinajstić information content (AvgIpc) is 2.69. The van der Waals surface area contributed by atoms with Gasteiger partial charge in [-0.05, 0) is 31.5 Å². The van der Waals surface area contributed by atoms with E-state index in [9.17, 15) is 4.79 Å². The number of nitrogens with zero attached hydrogens (tertiary/aromatic N) is 3. The van der Waals surface area contributed by atoms with E-state index in [1.807, 2.05) is 43.3 Å². The number of aromatic amines is 1. The summed E-state index contributed by atoms with van der Waals surface area (Å²) in [5, 5.41) is 10.3. The molecular formula is C20H21N5O3. The normalized spacial score (nSPS) is 10.8. The number of aromatic nitrogens is 3. The average molecular weight is 379 g/mol. The van der Waals surface area contributed by atoms with E-state index in [0.717, 1.165) is 11.1 Å². The predicted octanol–water partition coefficient (Wildman–Crippen LogP) is 2.82. The molecule has 0 unspecified atom stereocenters. The molecule has 28 heavy (non-hydrogen) atoms. The summed E-state index contributed by atoms with van der Waals surface area (Å²) in [7, 11) is 1.59. The van der Waals surface area contributed by atoms with Crippen molar-refractivity contribution < 1.29 is 9.47 Å². The van der Waals surface area contributed by atoms with Gasteiger partial charge >= 0.3 is 5.69 Å². The minimum atomic E-state index is -0.549. The Bertz CT molecular complexity index is 1050. The zero-order valence-corrected chi connectivity index (χ0v) is 15.9. The van der Waals surface area contributed by atoms with Crippen molar-refractivity contribution in [2.75, 3.05) is 12.5 Å². The summed E-state index contributed by atoms with van der Waals surface area (Å²) < 4.78 is 11.4. The summed E-state index contributed by atoms with van der Waals surface area (Å²) in [6.07, 6.45) is 1.58. The number of anilines is 1. The van der Waals surface area contributed by atoms with Crippen molar-refractivity contribution in [2.24, 2.45) is 5.10 Å². The van der Waals surface area contributed by atoms with Crippen LogP contribution in [-0.2, 0) is 6.61 Å². The molecular weight excluding hydrogens is 358 g/mol. The van der Waals surface area contributed by atoms with Gasteiger partial charge in [0.05, 0.1) is 13.3 Å². The molecule has 3 aromatic rings. The molecule has 0 saturated carbocycles. The van der Waals surface area contributed by atoms with Gasteiger partial charge in [-0.3, -0.25) is 5.43 Å². The Morgan fingerprint density at radius 2 is 2.04 bits per heavy atom. The summed E-state index contributed by atoms with van der Waals surface area (Å²) in [5.41, 5.74) is 5.65. The number of benzene rings is 2. The van der Waals surface area contributed by atoms with E-state index in [1.165, 1.54) is 5.56 Å². The minimum Gasteiger partial charge on any atom is -0.493 e. The third-order valence-corrected chi connectivity index (χ3v) is 3.94. The molecule has 2 N–H and O–H groups in total. The van der Waals surface area contributed by atoms with Crippen LogP contribution in [0.15, 0.2) is 52.4 Å². The van der Waals surface area contributed by atoms with Crippen LogP contribution in [0.4, 0.5) is 5.82 Å². The first-order chi connectivity index (χ1) is 13.6. The second-order valence-electron chi connectivity index (χ2n) is 6.10. The third-order valence-electron chi connectivity index (χ3n) is 3.94. The number of para-hydroxylation sites is 1. The molecule has 1 aromatic heterocycles. The number of methoxy groups -OCH3 is 1. The molecule has 0 fully saturated rings. The third kappa shape index (κ3) is 4.73. The number of rotatable bonds is 7. The maximum absolute atomic E-state index is 11.3. The van der Waals surface area contributed by atoms with E-state index in [0.29, 0.717) is 23.8 Å². The lowest BCUT2D eigenvalue weighted by molar-refractivity contribution is 0.284. The van der Waals surface area contributed by atoms with Gasteiger partial charge < -0.3 is 9.47 Å². The fourth-order valence-electron chi connectivity index (χ4n) is 2.57. The Morgan fingerprint density at radius 3 is 2.82 bits per heavy atom. The molecule has 0 radical (unpaired) electrons. The lowest BCUT2D eigenvalue weighted by Crippen LogP contribution is -2.15. The monoisotopic (exact) mass is 379 g/mol. The maximum Gasteiger partial charge on any atom is 0.363 e. The van der Waals surface area contributed by atoms with Gasteiger partial charge in [-0.25, -0.2) is 9.89 Å². The highest BCUT2D eigenvalue weighted by Gasteiger charge is 2.10. The molecule has 8 nitrogen and oxygen atoms in total. The summed E-state index contributed by atoms with van der Waals surface area (Å²) in [4.78, 5) is 15.1. The number of aryl methyl sites for hydroxylation is 2. The Balaban J connectivity index is 1.80. The van der Waals surface area contributed by atoms with Gasteiger partial charge in [0.25, 0.3) is 0 Å². The summed E-state index contributed by atoms with van der Waals surface area (Å²) in [6.45, 7) is 4.15. The molecule has 0 spiro atoms. The van der Waals surface area contributed by atoms with E-state index in [4.69, 9.17) is 9.47 Å². The summed E-state index contributed by atoms with van der Waals surface area (Å²) in [6, 6.07) is 13.6. The van der Waals surface area contributed by atoms with Crippen LogP contribution < -0.4 is 20.6 Å². The predicted molar refractivity (Wildman–Crippen MR) is 107 cm³/mol. The molecule has 1 heterocycles. The van der Waals surface area contributed by atoms with Crippen LogP contribution in [-0.4, -0.2) is 28.5 Å². The Morgan fingerprint density at radius 1 is 1.21 bits per heavy atom. The number of nitrogens with one attached hydrogen (secondary N) is 2. The van der Waals surface area contributed by atoms with Crippen molar-refractivity contribution in [3.05, 3.63) is 75.3 Å². The molecule has 0 saturated heterocycles. The zero-order chi connectivity index (χ0) is 19.9. The number of hydrogen-bond donors (Lipinski definition) is 2. The van der Waals surface area contributed by atoms with Crippen molar-refractivity contribution >= 4 is 12.0 Å². The SMILES string of the molecule is COc1cccc(C=NNc2nc(=O)[nH]nc2C)c1OCc1cccc(C)c1. The number of hydrogen-bond acceptors (Lipinski definition) is 7. The molecule has 3 rings (SSSR count). The van der Waals surface area contributed by atoms with Gasteiger partial charge in [0, 0.05) is 5.56 Å². The van der Waals surface area contributed by atoms with Crippen LogP contribution >= 0.6 is 0 Å². The second kappa shape index (κ2) is 8.81. The Kier molecular flexibility index (Phi) is 6.01. The van der Waals surface area contributed by atoms with Gasteiger partial charge in [-0.1, -0.05) is 35.9 Å². The van der Waals surface area contributed by atoms with Crippen LogP contribution in [0, 0.1) is 13.8 Å². The van der Waals surface area contributed by atoms with Crippen molar-refractivity contribution in [1.29, 1.82) is 0 Å². The molecule has 0 aliphatic heterocycles. The molecule has 8 heteroatoms. The van der Waals surface area contributed by atoms with Crippen molar-refractivity contribution in [3.63, 3.8) is 0 Å². The van der Waals surface area contributed by atoms with E-state index in [2.05, 4.69) is 31.8 Å². The van der Waals surface area contributed by atoms with Gasteiger partial charge in [0.15, 0.2) is 17.3 Å². The lowest BCUT2D eigenvalue weighted by Gasteiger charge is -2.13. The van der Waals surface area contributed by atoms with Crippen molar-refractivity contribution in [2.45, 2.75) is 20.5 Å². The highest BCUT2D eigenvalue weighted by atomic mass is 16.5. The topological polar surface area (TPSA) is 101 Å². The fourth-order valence-corrected chi connectivity index (χ4v) is 2.57. The highest BCUT2D eigenvalue weighted by molar-refractivity contribution is 5.85. The van der Waals surface area contributed by atoms with Gasteiger partial charge in [0.1, 0.15) is 12.3 Å². The van der Waals surface area contributed by atoms with Crippen LogP contribution in [0.5, 0.6) is 11.5 Å². The second-order valence-corrected chi connectivity index (χ2v) is 6.10. The maximum atomic E-state index is 11.3. The van der Waals surface area contributed by atoms with Crippen LogP contribution in [0.25, 0.3) is 0 Å². The van der Waals surface area contributed by atoms with Crippen LogP contribution in [0.3, 0.4) is 0 Å². The first-order valence-electron chi connectivity index (χ1n) is 8.64. The Hall–Kier alpha value is -3.68. The fraction of sp³-hybridized carbons (Fsp3) is 0.200. The molecule has 0 amide bonds. The van der Waals surface area contributed by atoms with Gasteiger partial charge in [-0.2, -0.15) is 15.2 Å². The summed E-state index contributed by atoms with van der Waals surface area (Å²) >= 11 is 0. The lowest BCUT2D eigenvalue weighted by atomic mass is 10.1. The van der Waals surface area contributed by atoms with Crippen LogP contribution in [0.1, 0.15) is 22.4 Å². The van der Waals surface area contributed by atoms with E-state index >= 15 is 0 Å². The molecule has 144 valence electrons. The van der Waals surface area contributed by atoms with Gasteiger partial charge in [-0.15, -0.1) is 0 Å². The summed E-state index contributed by atoms with van der Waals surface area (Å²) in [5.74, 6) is 1.46. The number of ether oxygens (including phenoxy) is 2. The van der Waals surface area contributed by atoms with E-state index < -0.39 is 5.69 Å². The quantitative estimate of drug-likeness (QED) is 0.483. The van der Waals surface area contributed by atoms with E-state index in [1.54, 1.807) is 20.2 Å². The van der Waals surface area contributed by atoms with Crippen LogP contribution in [0.2, 0.25) is 0 Å². The zero-order valence-electron chi connectivity index (χ0n) is 15.9. The first kappa shape index (κ1) is 19.1. The standard InChI is InChI=1S/C20H21N5O3/c1-13-6-4-7-15(10-13)12-28-18-16(8-5-9-17(18)27-3)11-21-24-19-14(2)23-25-20(26)22-19/h4-11H,12H2,1-3H3,(H2,22,24,25,26). The molecule has 0 aliphatic rings. The van der Waals surface area contributed by atoms with Crippen molar-refractivity contribution in [3.8, 4) is 11.5 Å². The molecule has 0 aliphatic carbocycles. The smallest absolute Gasteiger partial charge is 0.363 e.